The van der Waals surface area contributed by atoms with Crippen LogP contribution in [0.25, 0.3) is 16.5 Å². The molecule has 1 aromatic heterocycles. The molecule has 0 fully saturated rings. The Morgan fingerprint density at radius 2 is 1.76 bits per heavy atom. The van der Waals surface area contributed by atoms with E-state index in [1.54, 1.807) is 0 Å². The van der Waals surface area contributed by atoms with Crippen LogP contribution in [-0.2, 0) is 22.0 Å². The van der Waals surface area contributed by atoms with Crippen molar-refractivity contribution >= 4 is 22.4 Å². The zero-order valence-corrected chi connectivity index (χ0v) is 14.7. The minimum absolute atomic E-state index is 0.178. The number of esters is 1. The van der Waals surface area contributed by atoms with Crippen molar-refractivity contribution in [2.75, 3.05) is 6.61 Å². The number of carbonyl (C=O) groups is 1. The molecule has 4 rings (SSSR count). The number of fused-ring (bicyclic) bond motifs is 1. The summed E-state index contributed by atoms with van der Waals surface area (Å²) in [6, 6.07) is 18.3. The van der Waals surface area contributed by atoms with Crippen molar-refractivity contribution in [2.24, 2.45) is 7.05 Å². The summed E-state index contributed by atoms with van der Waals surface area (Å²) in [6.45, 7) is 4.27. The Morgan fingerprint density at radius 3 is 2.48 bits per heavy atom. The third kappa shape index (κ3) is 2.08. The summed E-state index contributed by atoms with van der Waals surface area (Å²) in [5.41, 5.74) is 4.60. The van der Waals surface area contributed by atoms with Crippen LogP contribution in [0, 0.1) is 0 Å². The molecule has 126 valence electrons. The van der Waals surface area contributed by atoms with Crippen molar-refractivity contribution in [3.63, 3.8) is 0 Å². The third-order valence-electron chi connectivity index (χ3n) is 5.20. The number of benzene rings is 2. The van der Waals surface area contributed by atoms with Crippen molar-refractivity contribution in [1.82, 2.24) is 4.57 Å². The number of rotatable bonds is 4. The second kappa shape index (κ2) is 5.62. The number of nitrogens with zero attached hydrogens (tertiary/aromatic N) is 1. The molecule has 0 amide bonds. The minimum atomic E-state index is -0.766. The molecule has 3 nitrogen and oxygen atoms in total. The van der Waals surface area contributed by atoms with E-state index in [-0.39, 0.29) is 5.97 Å². The zero-order chi connectivity index (χ0) is 17.6. The summed E-state index contributed by atoms with van der Waals surface area (Å²) in [5, 5.41) is 1.10. The summed E-state index contributed by atoms with van der Waals surface area (Å²) >= 11 is 0. The summed E-state index contributed by atoms with van der Waals surface area (Å²) in [6.07, 6.45) is 2.07. The Labute approximate surface area is 147 Å². The molecular weight excluding hydrogens is 310 g/mol. The standard InChI is InChI=1S/C22H21NO2/c1-4-25-21(24)22(15(2)20(22)16-10-6-5-7-11-16)18-14-23(3)19-13-9-8-12-17(18)19/h5-14H,4H2,1-3H3. The first-order valence-electron chi connectivity index (χ1n) is 8.61. The van der Waals surface area contributed by atoms with Crippen LogP contribution >= 0.6 is 0 Å². The molecule has 0 bridgehead atoms. The highest BCUT2D eigenvalue weighted by Crippen LogP contribution is 2.61. The van der Waals surface area contributed by atoms with Gasteiger partial charge in [-0.3, -0.25) is 4.79 Å². The van der Waals surface area contributed by atoms with Gasteiger partial charge in [0.1, 0.15) is 5.41 Å². The van der Waals surface area contributed by atoms with Crippen LogP contribution in [0.3, 0.4) is 0 Å². The van der Waals surface area contributed by atoms with E-state index in [1.807, 2.05) is 51.2 Å². The molecule has 0 aliphatic heterocycles. The quantitative estimate of drug-likeness (QED) is 0.661. The van der Waals surface area contributed by atoms with Crippen LogP contribution in [0.15, 0.2) is 66.4 Å². The average Bonchev–Trinajstić information content (AvgIpc) is 3.12. The summed E-state index contributed by atoms with van der Waals surface area (Å²) in [7, 11) is 2.02. The molecule has 0 radical (unpaired) electrons. The minimum Gasteiger partial charge on any atom is -0.465 e. The lowest BCUT2D eigenvalue weighted by Crippen LogP contribution is -2.28. The van der Waals surface area contributed by atoms with Crippen molar-refractivity contribution in [2.45, 2.75) is 19.3 Å². The molecule has 0 saturated carbocycles. The first kappa shape index (κ1) is 15.7. The highest BCUT2D eigenvalue weighted by Gasteiger charge is 2.60. The van der Waals surface area contributed by atoms with Gasteiger partial charge in [0.25, 0.3) is 0 Å². The summed E-state index contributed by atoms with van der Waals surface area (Å²) in [4.78, 5) is 13.1. The van der Waals surface area contributed by atoms with Crippen molar-refractivity contribution < 1.29 is 9.53 Å². The van der Waals surface area contributed by atoms with E-state index in [1.165, 1.54) is 0 Å². The van der Waals surface area contributed by atoms with E-state index < -0.39 is 5.41 Å². The molecular formula is C22H21NO2. The number of hydrogen-bond donors (Lipinski definition) is 0. The third-order valence-corrected chi connectivity index (χ3v) is 5.20. The van der Waals surface area contributed by atoms with Gasteiger partial charge in [0.2, 0.25) is 0 Å². The van der Waals surface area contributed by atoms with Gasteiger partial charge in [0, 0.05) is 29.7 Å². The van der Waals surface area contributed by atoms with Crippen LogP contribution in [0.5, 0.6) is 0 Å². The smallest absolute Gasteiger partial charge is 0.325 e. The first-order chi connectivity index (χ1) is 12.1. The Hall–Kier alpha value is -2.81. The lowest BCUT2D eigenvalue weighted by Gasteiger charge is -2.18. The van der Waals surface area contributed by atoms with Crippen LogP contribution in [-0.4, -0.2) is 17.1 Å². The molecule has 0 spiro atoms. The largest absolute Gasteiger partial charge is 0.465 e. The molecule has 1 atom stereocenters. The molecule has 1 aliphatic rings. The summed E-state index contributed by atoms with van der Waals surface area (Å²) < 4.78 is 7.60. The van der Waals surface area contributed by atoms with Gasteiger partial charge < -0.3 is 9.30 Å². The summed E-state index contributed by atoms with van der Waals surface area (Å²) in [5.74, 6) is -0.178. The SMILES string of the molecule is CCOC(=O)C1(c2cn(C)c3ccccc23)C(C)=C1c1ccccc1. The van der Waals surface area contributed by atoms with Crippen LogP contribution in [0.4, 0.5) is 0 Å². The molecule has 3 heteroatoms. The fourth-order valence-corrected chi connectivity index (χ4v) is 4.03. The molecule has 1 heterocycles. The number of para-hydroxylation sites is 1. The van der Waals surface area contributed by atoms with Gasteiger partial charge in [-0.25, -0.2) is 0 Å². The highest BCUT2D eigenvalue weighted by molar-refractivity contribution is 6.17. The fourth-order valence-electron chi connectivity index (χ4n) is 4.03. The van der Waals surface area contributed by atoms with Crippen LogP contribution in [0.2, 0.25) is 0 Å². The Bertz CT molecular complexity index is 997. The van der Waals surface area contributed by atoms with E-state index in [0.29, 0.717) is 6.61 Å². The van der Waals surface area contributed by atoms with Crippen molar-refractivity contribution in [1.29, 1.82) is 0 Å². The van der Waals surface area contributed by atoms with Gasteiger partial charge >= 0.3 is 5.97 Å². The molecule has 0 saturated heterocycles. The number of carbonyl (C=O) groups excluding carboxylic acids is 1. The van der Waals surface area contributed by atoms with Gasteiger partial charge in [-0.05, 0) is 36.6 Å². The predicted molar refractivity (Wildman–Crippen MR) is 100 cm³/mol. The predicted octanol–water partition coefficient (Wildman–Crippen LogP) is 4.47. The molecule has 2 aromatic carbocycles. The van der Waals surface area contributed by atoms with Gasteiger partial charge in [-0.15, -0.1) is 0 Å². The molecule has 3 aromatic rings. The second-order valence-corrected chi connectivity index (χ2v) is 6.51. The van der Waals surface area contributed by atoms with Crippen LogP contribution < -0.4 is 0 Å². The Kier molecular flexibility index (Phi) is 3.53. The second-order valence-electron chi connectivity index (χ2n) is 6.51. The van der Waals surface area contributed by atoms with Gasteiger partial charge in [0.15, 0.2) is 0 Å². The maximum Gasteiger partial charge on any atom is 0.325 e. The van der Waals surface area contributed by atoms with Gasteiger partial charge in [-0.1, -0.05) is 48.5 Å². The van der Waals surface area contributed by atoms with Gasteiger partial charge in [-0.2, -0.15) is 0 Å². The lowest BCUT2D eigenvalue weighted by molar-refractivity contribution is -0.145. The topological polar surface area (TPSA) is 31.2 Å². The number of ether oxygens (including phenoxy) is 1. The normalized spacial score (nSPS) is 19.3. The monoisotopic (exact) mass is 331 g/mol. The zero-order valence-electron chi connectivity index (χ0n) is 14.7. The molecule has 1 aliphatic carbocycles. The van der Waals surface area contributed by atoms with E-state index in [4.69, 9.17) is 4.74 Å². The number of aromatic nitrogens is 1. The maximum absolute atomic E-state index is 13.1. The van der Waals surface area contributed by atoms with Gasteiger partial charge in [0.05, 0.1) is 6.61 Å². The highest BCUT2D eigenvalue weighted by atomic mass is 16.5. The number of aryl methyl sites for hydroxylation is 1. The molecule has 1 unspecified atom stereocenters. The molecule has 0 N–H and O–H groups in total. The van der Waals surface area contributed by atoms with E-state index in [0.717, 1.165) is 33.2 Å². The van der Waals surface area contributed by atoms with E-state index >= 15 is 0 Å². The lowest BCUT2D eigenvalue weighted by atomic mass is 9.86. The first-order valence-corrected chi connectivity index (χ1v) is 8.61. The average molecular weight is 331 g/mol. The van der Waals surface area contributed by atoms with E-state index in [2.05, 4.69) is 35.0 Å². The van der Waals surface area contributed by atoms with Crippen LogP contribution in [0.1, 0.15) is 25.0 Å². The fraction of sp³-hybridized carbons (Fsp3) is 0.227. The Morgan fingerprint density at radius 1 is 1.08 bits per heavy atom. The molecule has 25 heavy (non-hydrogen) atoms. The Balaban J connectivity index is 1.94. The van der Waals surface area contributed by atoms with Crippen molar-refractivity contribution in [3.8, 4) is 0 Å². The maximum atomic E-state index is 13.1. The number of hydrogen-bond acceptors (Lipinski definition) is 2. The van der Waals surface area contributed by atoms with E-state index in [9.17, 15) is 4.79 Å². The van der Waals surface area contributed by atoms with Crippen molar-refractivity contribution in [3.05, 3.63) is 77.5 Å².